The first kappa shape index (κ1) is 23.2. The lowest BCUT2D eigenvalue weighted by molar-refractivity contribution is -0.113. The normalized spacial score (nSPS) is 13.5. The fourth-order valence-electron chi connectivity index (χ4n) is 3.47. The third kappa shape index (κ3) is 5.68. The van der Waals surface area contributed by atoms with Gasteiger partial charge in [0.25, 0.3) is 0 Å². The molecule has 1 fully saturated rings. The summed E-state index contributed by atoms with van der Waals surface area (Å²) in [6.45, 7) is 4.83. The van der Waals surface area contributed by atoms with Crippen LogP contribution in [0.5, 0.6) is 0 Å². The molecule has 0 atom stereocenters. The van der Waals surface area contributed by atoms with Crippen LogP contribution in [0.4, 0.5) is 11.6 Å². The number of hydrogen-bond donors (Lipinski definition) is 1. The molecule has 10 heteroatoms. The molecule has 0 bridgehead atoms. The van der Waals surface area contributed by atoms with Crippen molar-refractivity contribution in [2.24, 2.45) is 0 Å². The number of nitriles is 1. The standard InChI is InChI=1S/C23H24N6O2S2/c1-17-6-2-4-8-19(17)29-22(28-11-13-31-14-12-28)26-27-23(29)33-16-21(30)25-18-7-3-5-9-20(18)32-15-10-24/h2-9H,11-16H2,1H3,(H,25,30). The van der Waals surface area contributed by atoms with Gasteiger partial charge < -0.3 is 15.0 Å². The van der Waals surface area contributed by atoms with Crippen molar-refractivity contribution in [3.8, 4) is 11.8 Å². The zero-order chi connectivity index (χ0) is 23.0. The third-order valence-electron chi connectivity index (χ3n) is 5.05. The summed E-state index contributed by atoms with van der Waals surface area (Å²) in [6.07, 6.45) is 0. The zero-order valence-corrected chi connectivity index (χ0v) is 19.9. The average Bonchev–Trinajstić information content (AvgIpc) is 3.27. The Hall–Kier alpha value is -3.00. The number of nitrogens with zero attached hydrogens (tertiary/aromatic N) is 5. The number of aromatic nitrogens is 3. The van der Waals surface area contributed by atoms with Crippen molar-refractivity contribution < 1.29 is 9.53 Å². The Morgan fingerprint density at radius 3 is 2.67 bits per heavy atom. The molecule has 1 aliphatic rings. The van der Waals surface area contributed by atoms with Crippen molar-refractivity contribution in [3.63, 3.8) is 0 Å². The second-order valence-corrected chi connectivity index (χ2v) is 9.24. The van der Waals surface area contributed by atoms with Gasteiger partial charge in [-0.3, -0.25) is 9.36 Å². The summed E-state index contributed by atoms with van der Waals surface area (Å²) in [7, 11) is 0. The van der Waals surface area contributed by atoms with Crippen molar-refractivity contribution in [2.45, 2.75) is 17.0 Å². The highest BCUT2D eigenvalue weighted by Crippen LogP contribution is 2.30. The van der Waals surface area contributed by atoms with E-state index in [0.29, 0.717) is 29.8 Å². The number of ether oxygens (including phenoxy) is 1. The van der Waals surface area contributed by atoms with Crippen molar-refractivity contribution in [1.29, 1.82) is 5.26 Å². The number of morpholine rings is 1. The number of carbonyl (C=O) groups excluding carboxylic acids is 1. The van der Waals surface area contributed by atoms with E-state index in [1.165, 1.54) is 23.5 Å². The summed E-state index contributed by atoms with van der Waals surface area (Å²) in [4.78, 5) is 15.8. The number of anilines is 2. The molecule has 1 N–H and O–H groups in total. The van der Waals surface area contributed by atoms with Gasteiger partial charge in [0, 0.05) is 18.0 Å². The van der Waals surface area contributed by atoms with E-state index in [1.54, 1.807) is 0 Å². The van der Waals surface area contributed by atoms with E-state index in [1.807, 2.05) is 47.0 Å². The molecule has 1 amide bonds. The summed E-state index contributed by atoms with van der Waals surface area (Å²) < 4.78 is 7.51. The Kier molecular flexibility index (Phi) is 7.88. The van der Waals surface area contributed by atoms with Crippen LogP contribution in [0.3, 0.4) is 0 Å². The van der Waals surface area contributed by atoms with Crippen LogP contribution in [0.15, 0.2) is 58.6 Å². The molecule has 0 spiro atoms. The van der Waals surface area contributed by atoms with Crippen LogP contribution in [0, 0.1) is 18.3 Å². The van der Waals surface area contributed by atoms with E-state index in [2.05, 4.69) is 39.5 Å². The van der Waals surface area contributed by atoms with E-state index in [9.17, 15) is 4.79 Å². The van der Waals surface area contributed by atoms with Crippen LogP contribution in [-0.4, -0.2) is 58.5 Å². The number of amides is 1. The first-order valence-electron chi connectivity index (χ1n) is 10.5. The lowest BCUT2D eigenvalue weighted by Gasteiger charge is -2.28. The Labute approximate surface area is 201 Å². The van der Waals surface area contributed by atoms with Crippen molar-refractivity contribution in [1.82, 2.24) is 14.8 Å². The van der Waals surface area contributed by atoms with Crippen LogP contribution < -0.4 is 10.2 Å². The smallest absolute Gasteiger partial charge is 0.234 e. The number of nitrogens with one attached hydrogen (secondary N) is 1. The van der Waals surface area contributed by atoms with Gasteiger partial charge in [-0.1, -0.05) is 42.1 Å². The molecular formula is C23H24N6O2S2. The van der Waals surface area contributed by atoms with Gasteiger partial charge in [-0.2, -0.15) is 5.26 Å². The molecule has 0 aliphatic carbocycles. The number of thioether (sulfide) groups is 2. The number of para-hydroxylation sites is 2. The molecule has 2 heterocycles. The predicted molar refractivity (Wildman–Crippen MR) is 131 cm³/mol. The molecule has 2 aromatic carbocycles. The molecule has 4 rings (SSSR count). The van der Waals surface area contributed by atoms with Gasteiger partial charge in [0.2, 0.25) is 11.9 Å². The maximum atomic E-state index is 12.7. The van der Waals surface area contributed by atoms with Crippen molar-refractivity contribution in [2.75, 3.05) is 48.0 Å². The summed E-state index contributed by atoms with van der Waals surface area (Å²) in [5.74, 6) is 1.13. The Balaban J connectivity index is 1.53. The minimum atomic E-state index is -0.141. The molecule has 3 aromatic rings. The SMILES string of the molecule is Cc1ccccc1-n1c(SCC(=O)Nc2ccccc2SCC#N)nnc1N1CCOCC1. The van der Waals surface area contributed by atoms with Crippen LogP contribution in [0.2, 0.25) is 0 Å². The monoisotopic (exact) mass is 480 g/mol. The van der Waals surface area contributed by atoms with E-state index in [-0.39, 0.29) is 11.7 Å². The molecule has 8 nitrogen and oxygen atoms in total. The third-order valence-corrected chi connectivity index (χ3v) is 6.92. The highest BCUT2D eigenvalue weighted by Gasteiger charge is 2.23. The number of benzene rings is 2. The fraction of sp³-hybridized carbons (Fsp3) is 0.304. The summed E-state index contributed by atoms with van der Waals surface area (Å²) in [5.41, 5.74) is 2.80. The average molecular weight is 481 g/mol. The van der Waals surface area contributed by atoms with Crippen molar-refractivity contribution in [3.05, 3.63) is 54.1 Å². The van der Waals surface area contributed by atoms with E-state index >= 15 is 0 Å². The maximum absolute atomic E-state index is 12.7. The first-order chi connectivity index (χ1) is 16.2. The van der Waals surface area contributed by atoms with Gasteiger partial charge in [0.05, 0.1) is 42.2 Å². The van der Waals surface area contributed by atoms with Gasteiger partial charge in [-0.25, -0.2) is 0 Å². The molecule has 170 valence electrons. The molecule has 0 unspecified atom stereocenters. The first-order valence-corrected chi connectivity index (χ1v) is 12.5. The van der Waals surface area contributed by atoms with Gasteiger partial charge in [0.15, 0.2) is 5.16 Å². The molecule has 1 aliphatic heterocycles. The second-order valence-electron chi connectivity index (χ2n) is 7.28. The summed E-state index contributed by atoms with van der Waals surface area (Å²) in [5, 5.41) is 21.4. The minimum Gasteiger partial charge on any atom is -0.378 e. The van der Waals surface area contributed by atoms with Crippen LogP contribution in [0.1, 0.15) is 5.56 Å². The van der Waals surface area contributed by atoms with Crippen molar-refractivity contribution >= 4 is 41.1 Å². The lowest BCUT2D eigenvalue weighted by atomic mass is 10.2. The molecule has 0 radical (unpaired) electrons. The molecule has 1 aromatic heterocycles. The fourth-order valence-corrected chi connectivity index (χ4v) is 4.88. The maximum Gasteiger partial charge on any atom is 0.234 e. The zero-order valence-electron chi connectivity index (χ0n) is 18.2. The van der Waals surface area contributed by atoms with E-state index < -0.39 is 0 Å². The van der Waals surface area contributed by atoms with Gasteiger partial charge >= 0.3 is 0 Å². The lowest BCUT2D eigenvalue weighted by Crippen LogP contribution is -2.38. The van der Waals surface area contributed by atoms with E-state index in [4.69, 9.17) is 10.00 Å². The van der Waals surface area contributed by atoms with Crippen LogP contribution >= 0.6 is 23.5 Å². The molecule has 0 saturated carbocycles. The van der Waals surface area contributed by atoms with Crippen LogP contribution in [0.25, 0.3) is 5.69 Å². The largest absolute Gasteiger partial charge is 0.378 e. The number of rotatable bonds is 8. The number of aryl methyl sites for hydroxylation is 1. The number of hydrogen-bond acceptors (Lipinski definition) is 8. The minimum absolute atomic E-state index is 0.141. The van der Waals surface area contributed by atoms with E-state index in [0.717, 1.165) is 35.2 Å². The number of carbonyl (C=O) groups is 1. The van der Waals surface area contributed by atoms with Crippen LogP contribution in [-0.2, 0) is 9.53 Å². The molecule has 1 saturated heterocycles. The van der Waals surface area contributed by atoms with Gasteiger partial charge in [0.1, 0.15) is 0 Å². The highest BCUT2D eigenvalue weighted by molar-refractivity contribution is 8.00. The van der Waals surface area contributed by atoms with Gasteiger partial charge in [-0.15, -0.1) is 22.0 Å². The highest BCUT2D eigenvalue weighted by atomic mass is 32.2. The quantitative estimate of drug-likeness (QED) is 0.487. The Morgan fingerprint density at radius 1 is 1.12 bits per heavy atom. The molecular weight excluding hydrogens is 456 g/mol. The Morgan fingerprint density at radius 2 is 1.88 bits per heavy atom. The predicted octanol–water partition coefficient (Wildman–Crippen LogP) is 3.76. The topological polar surface area (TPSA) is 96.1 Å². The summed E-state index contributed by atoms with van der Waals surface area (Å²) in [6, 6.07) is 17.7. The summed E-state index contributed by atoms with van der Waals surface area (Å²) >= 11 is 2.75. The van der Waals surface area contributed by atoms with Gasteiger partial charge in [-0.05, 0) is 30.7 Å². The Bertz CT molecular complexity index is 1150. The second kappa shape index (κ2) is 11.2. The molecule has 33 heavy (non-hydrogen) atoms.